The zero-order valence-electron chi connectivity index (χ0n) is 16.5. The van der Waals surface area contributed by atoms with Gasteiger partial charge in [-0.05, 0) is 62.1 Å². The van der Waals surface area contributed by atoms with Gasteiger partial charge in [0, 0.05) is 29.3 Å². The Morgan fingerprint density at radius 1 is 1.24 bits per heavy atom. The zero-order valence-corrected chi connectivity index (χ0v) is 17.3. The van der Waals surface area contributed by atoms with Gasteiger partial charge in [0.15, 0.2) is 5.13 Å². The Hall–Kier alpha value is -2.99. The third kappa shape index (κ3) is 4.54. The number of aromatic nitrogens is 2. The van der Waals surface area contributed by atoms with Crippen LogP contribution in [0.2, 0.25) is 0 Å². The lowest BCUT2D eigenvalue weighted by atomic mass is 9.81. The van der Waals surface area contributed by atoms with Crippen molar-refractivity contribution in [3.63, 3.8) is 0 Å². The van der Waals surface area contributed by atoms with Crippen LogP contribution < -0.4 is 5.32 Å². The van der Waals surface area contributed by atoms with Crippen molar-refractivity contribution < 1.29 is 9.53 Å². The fourth-order valence-electron chi connectivity index (χ4n) is 3.66. The summed E-state index contributed by atoms with van der Waals surface area (Å²) in [5, 5.41) is 5.50. The highest BCUT2D eigenvalue weighted by Crippen LogP contribution is 2.39. The molecule has 0 spiro atoms. The molecule has 0 aliphatic heterocycles. The highest BCUT2D eigenvalue weighted by Gasteiger charge is 2.27. The Balaban J connectivity index is 1.45. The number of ether oxygens (including phenoxy) is 1. The average molecular weight is 406 g/mol. The first kappa shape index (κ1) is 19.3. The molecule has 6 heteroatoms. The summed E-state index contributed by atoms with van der Waals surface area (Å²) in [7, 11) is 0. The molecule has 0 aromatic carbocycles. The largest absolute Gasteiger partial charge is 0.458 e. The van der Waals surface area contributed by atoms with E-state index in [1.807, 2.05) is 11.5 Å². The fraction of sp³-hybridized carbons (Fsp3) is 0.261. The lowest BCUT2D eigenvalue weighted by Gasteiger charge is -2.26. The molecular formula is C23H23N3O2S. The first-order chi connectivity index (χ1) is 14.1. The number of rotatable bonds is 5. The van der Waals surface area contributed by atoms with Crippen LogP contribution in [0.15, 0.2) is 77.4 Å². The first-order valence-corrected chi connectivity index (χ1v) is 10.6. The third-order valence-electron chi connectivity index (χ3n) is 5.01. The van der Waals surface area contributed by atoms with Gasteiger partial charge in [-0.2, -0.15) is 0 Å². The Kier molecular flexibility index (Phi) is 5.71. The molecule has 4 rings (SSSR count). The van der Waals surface area contributed by atoms with Crippen molar-refractivity contribution in [2.24, 2.45) is 5.92 Å². The minimum absolute atomic E-state index is 0.168. The number of nitrogens with one attached hydrogen (secondary N) is 1. The quantitative estimate of drug-likeness (QED) is 0.703. The Labute approximate surface area is 174 Å². The summed E-state index contributed by atoms with van der Waals surface area (Å²) in [5.74, 6) is 2.02. The van der Waals surface area contributed by atoms with Crippen molar-refractivity contribution in [2.45, 2.75) is 32.6 Å². The minimum Gasteiger partial charge on any atom is -0.458 e. The van der Waals surface area contributed by atoms with E-state index in [-0.39, 0.29) is 17.7 Å². The molecule has 2 aromatic rings. The SMILES string of the molecule is CC1=CC(OC2=CCCC=C2)=CC(C)C1c1csc(NC(=O)c2ccncc2)n1. The summed E-state index contributed by atoms with van der Waals surface area (Å²) < 4.78 is 6.04. The number of carbonyl (C=O) groups excluding carboxylic acids is 1. The van der Waals surface area contributed by atoms with E-state index in [9.17, 15) is 4.79 Å². The van der Waals surface area contributed by atoms with Gasteiger partial charge >= 0.3 is 0 Å². The van der Waals surface area contributed by atoms with E-state index < -0.39 is 0 Å². The van der Waals surface area contributed by atoms with E-state index in [1.165, 1.54) is 16.9 Å². The summed E-state index contributed by atoms with van der Waals surface area (Å²) >= 11 is 1.44. The second kappa shape index (κ2) is 8.57. The molecule has 1 amide bonds. The van der Waals surface area contributed by atoms with Crippen molar-refractivity contribution in [3.05, 3.63) is 88.6 Å². The molecule has 0 fully saturated rings. The molecule has 2 heterocycles. The van der Waals surface area contributed by atoms with E-state index in [0.717, 1.165) is 30.1 Å². The van der Waals surface area contributed by atoms with E-state index in [4.69, 9.17) is 4.74 Å². The molecule has 0 radical (unpaired) electrons. The number of carbonyl (C=O) groups is 1. The van der Waals surface area contributed by atoms with E-state index >= 15 is 0 Å². The van der Waals surface area contributed by atoms with E-state index in [2.05, 4.69) is 53.4 Å². The van der Waals surface area contributed by atoms with Crippen LogP contribution in [-0.4, -0.2) is 15.9 Å². The van der Waals surface area contributed by atoms with Gasteiger partial charge in [0.1, 0.15) is 11.5 Å². The highest BCUT2D eigenvalue weighted by molar-refractivity contribution is 7.14. The number of hydrogen-bond acceptors (Lipinski definition) is 5. The van der Waals surface area contributed by atoms with Crippen LogP contribution in [0.25, 0.3) is 0 Å². The maximum absolute atomic E-state index is 12.3. The average Bonchev–Trinajstić information content (AvgIpc) is 3.17. The Morgan fingerprint density at radius 2 is 2.07 bits per heavy atom. The van der Waals surface area contributed by atoms with Crippen LogP contribution in [-0.2, 0) is 4.74 Å². The van der Waals surface area contributed by atoms with Gasteiger partial charge in [0.05, 0.1) is 5.69 Å². The van der Waals surface area contributed by atoms with E-state index in [0.29, 0.717) is 10.7 Å². The standard InChI is InChI=1S/C23H23N3O2S/c1-15-12-19(28-18-6-4-3-5-7-18)13-16(2)21(15)20-14-29-23(25-20)26-22(27)17-8-10-24-11-9-17/h4,6-15,21H,3,5H2,1-2H3,(H,25,26,27). The van der Waals surface area contributed by atoms with Gasteiger partial charge in [-0.15, -0.1) is 11.3 Å². The van der Waals surface area contributed by atoms with Crippen molar-refractivity contribution in [2.75, 3.05) is 5.32 Å². The molecule has 29 heavy (non-hydrogen) atoms. The summed E-state index contributed by atoms with van der Waals surface area (Å²) in [6.07, 6.45) is 15.8. The topological polar surface area (TPSA) is 64.1 Å². The normalized spacial score (nSPS) is 21.1. The Bertz CT molecular complexity index is 1020. The second-order valence-corrected chi connectivity index (χ2v) is 8.11. The predicted molar refractivity (Wildman–Crippen MR) is 116 cm³/mol. The summed E-state index contributed by atoms with van der Waals surface area (Å²) in [6.45, 7) is 4.28. The molecule has 2 aromatic heterocycles. The van der Waals surface area contributed by atoms with Gasteiger partial charge < -0.3 is 4.74 Å². The van der Waals surface area contributed by atoms with Gasteiger partial charge in [-0.25, -0.2) is 4.98 Å². The maximum Gasteiger partial charge on any atom is 0.257 e. The van der Waals surface area contributed by atoms with E-state index in [1.54, 1.807) is 24.5 Å². The molecule has 0 saturated heterocycles. The molecule has 2 aliphatic carbocycles. The summed E-state index contributed by atoms with van der Waals surface area (Å²) in [5.41, 5.74) is 2.73. The molecule has 148 valence electrons. The lowest BCUT2D eigenvalue weighted by molar-refractivity contribution is 0.102. The minimum atomic E-state index is -0.179. The lowest BCUT2D eigenvalue weighted by Crippen LogP contribution is -2.16. The second-order valence-electron chi connectivity index (χ2n) is 7.25. The van der Waals surface area contributed by atoms with Crippen molar-refractivity contribution in [1.82, 2.24) is 9.97 Å². The fourth-order valence-corrected chi connectivity index (χ4v) is 4.40. The van der Waals surface area contributed by atoms with Gasteiger partial charge in [0.25, 0.3) is 5.91 Å². The first-order valence-electron chi connectivity index (χ1n) is 9.71. The number of allylic oxidation sites excluding steroid dienone is 6. The van der Waals surface area contributed by atoms with Crippen LogP contribution in [0, 0.1) is 5.92 Å². The number of hydrogen-bond donors (Lipinski definition) is 1. The third-order valence-corrected chi connectivity index (χ3v) is 5.79. The van der Waals surface area contributed by atoms with Crippen LogP contribution in [0.4, 0.5) is 5.13 Å². The number of nitrogens with zero attached hydrogens (tertiary/aromatic N) is 2. The molecule has 0 bridgehead atoms. The molecule has 5 nitrogen and oxygen atoms in total. The van der Waals surface area contributed by atoms with Crippen LogP contribution in [0.5, 0.6) is 0 Å². The van der Waals surface area contributed by atoms with Gasteiger partial charge in [0.2, 0.25) is 0 Å². The zero-order chi connectivity index (χ0) is 20.2. The Morgan fingerprint density at radius 3 is 2.79 bits per heavy atom. The van der Waals surface area contributed by atoms with Crippen LogP contribution in [0.1, 0.15) is 48.7 Å². The molecule has 1 N–H and O–H groups in total. The van der Waals surface area contributed by atoms with Crippen LogP contribution in [0.3, 0.4) is 0 Å². The van der Waals surface area contributed by atoms with Crippen molar-refractivity contribution >= 4 is 22.4 Å². The summed E-state index contributed by atoms with van der Waals surface area (Å²) in [6, 6.07) is 3.37. The van der Waals surface area contributed by atoms with Crippen molar-refractivity contribution in [1.29, 1.82) is 0 Å². The van der Waals surface area contributed by atoms with Crippen molar-refractivity contribution in [3.8, 4) is 0 Å². The summed E-state index contributed by atoms with van der Waals surface area (Å²) in [4.78, 5) is 21.0. The van der Waals surface area contributed by atoms with Gasteiger partial charge in [-0.3, -0.25) is 15.1 Å². The highest BCUT2D eigenvalue weighted by atomic mass is 32.1. The number of anilines is 1. The van der Waals surface area contributed by atoms with Gasteiger partial charge in [-0.1, -0.05) is 18.6 Å². The number of amides is 1. The van der Waals surface area contributed by atoms with Crippen LogP contribution >= 0.6 is 11.3 Å². The predicted octanol–water partition coefficient (Wildman–Crippen LogP) is 5.60. The number of pyridine rings is 1. The molecule has 2 aliphatic rings. The monoisotopic (exact) mass is 405 g/mol. The molecule has 2 atom stereocenters. The maximum atomic E-state index is 12.3. The molecular weight excluding hydrogens is 382 g/mol. The smallest absolute Gasteiger partial charge is 0.257 e. The molecule has 0 saturated carbocycles. The molecule has 2 unspecified atom stereocenters. The number of thiazole rings is 1.